The van der Waals surface area contributed by atoms with Crippen LogP contribution in [0.3, 0.4) is 0 Å². The number of carbonyl (C=O) groups excluding carboxylic acids is 2. The first-order valence-corrected chi connectivity index (χ1v) is 10.1. The molecule has 0 aromatic heterocycles. The van der Waals surface area contributed by atoms with E-state index in [0.717, 1.165) is 24.8 Å². The summed E-state index contributed by atoms with van der Waals surface area (Å²) < 4.78 is 11.2. The normalized spacial score (nSPS) is 39.2. The fraction of sp³-hybridized carbons (Fsp3) is 0.636. The molecule has 6 rings (SSSR count). The van der Waals surface area contributed by atoms with E-state index in [0.29, 0.717) is 35.5 Å². The molecule has 5 heteroatoms. The lowest BCUT2D eigenvalue weighted by molar-refractivity contribution is -0.200. The van der Waals surface area contributed by atoms with E-state index >= 15 is 0 Å². The molecule has 1 atom stereocenters. The molecule has 5 aliphatic carbocycles. The summed E-state index contributed by atoms with van der Waals surface area (Å²) in [5, 5.41) is 11.0. The molecule has 0 radical (unpaired) electrons. The third-order valence-electron chi connectivity index (χ3n) is 7.32. The van der Waals surface area contributed by atoms with Crippen LogP contribution in [0, 0.1) is 17.8 Å². The number of esters is 1. The molecule has 0 spiro atoms. The van der Waals surface area contributed by atoms with Gasteiger partial charge >= 0.3 is 5.97 Å². The van der Waals surface area contributed by atoms with E-state index in [1.807, 2.05) is 0 Å². The van der Waals surface area contributed by atoms with Gasteiger partial charge in [0.25, 0.3) is 0 Å². The van der Waals surface area contributed by atoms with Crippen molar-refractivity contribution in [3.8, 4) is 5.75 Å². The largest absolute Gasteiger partial charge is 0.497 e. The number of benzene rings is 1. The average Bonchev–Trinajstić information content (AvgIpc) is 2.63. The third-order valence-corrected chi connectivity index (χ3v) is 7.32. The molecule has 4 bridgehead atoms. The minimum absolute atomic E-state index is 0.0667. The molecular weight excluding hydrogens is 344 g/mol. The van der Waals surface area contributed by atoms with Gasteiger partial charge < -0.3 is 14.6 Å². The second-order valence-electron chi connectivity index (χ2n) is 9.20. The molecule has 1 aromatic carbocycles. The number of aryl methyl sites for hydroxylation is 1. The molecule has 1 N–H and O–H groups in total. The van der Waals surface area contributed by atoms with Crippen molar-refractivity contribution < 1.29 is 24.2 Å². The highest BCUT2D eigenvalue weighted by atomic mass is 16.6. The van der Waals surface area contributed by atoms with E-state index in [2.05, 4.69) is 0 Å². The SMILES string of the molecule is COc1ccc2c(c1)CCC(O)(C(=O)OC13CC4CC(CC(C4)C1)C3)C2=O. The predicted octanol–water partition coefficient (Wildman–Crippen LogP) is 3.07. The van der Waals surface area contributed by atoms with E-state index in [-0.39, 0.29) is 6.42 Å². The van der Waals surface area contributed by atoms with Crippen LogP contribution in [-0.4, -0.2) is 35.2 Å². The molecule has 144 valence electrons. The lowest BCUT2D eigenvalue weighted by Crippen LogP contribution is -2.58. The molecular formula is C22H26O5. The molecule has 5 aliphatic rings. The number of Topliss-reactive ketones (excluding diaryl/α,β-unsaturated/α-hetero) is 1. The van der Waals surface area contributed by atoms with Crippen molar-refractivity contribution in [2.45, 2.75) is 62.6 Å². The molecule has 0 heterocycles. The maximum absolute atomic E-state index is 13.0. The summed E-state index contributed by atoms with van der Waals surface area (Å²) in [6.07, 6.45) is 6.93. The van der Waals surface area contributed by atoms with Gasteiger partial charge in [-0.15, -0.1) is 0 Å². The first-order valence-electron chi connectivity index (χ1n) is 10.1. The topological polar surface area (TPSA) is 72.8 Å². The summed E-state index contributed by atoms with van der Waals surface area (Å²) in [5.41, 5.74) is -1.31. The van der Waals surface area contributed by atoms with Crippen LogP contribution < -0.4 is 4.74 Å². The van der Waals surface area contributed by atoms with Gasteiger partial charge in [0.2, 0.25) is 11.4 Å². The van der Waals surface area contributed by atoms with E-state index in [1.165, 1.54) is 19.3 Å². The van der Waals surface area contributed by atoms with E-state index in [9.17, 15) is 14.7 Å². The molecule has 0 amide bonds. The standard InChI is InChI=1S/C22H26O5/c1-26-17-2-3-18-16(9-17)4-5-22(25,19(18)23)20(24)27-21-10-13-6-14(11-21)8-15(7-13)12-21/h2-3,9,13-15,25H,4-8,10-12H2,1H3. The molecule has 4 saturated carbocycles. The second kappa shape index (κ2) is 5.81. The van der Waals surface area contributed by atoms with Crippen LogP contribution in [0.5, 0.6) is 5.75 Å². The Bertz CT molecular complexity index is 778. The van der Waals surface area contributed by atoms with Crippen LogP contribution >= 0.6 is 0 Å². The van der Waals surface area contributed by atoms with Crippen LogP contribution in [0.4, 0.5) is 0 Å². The summed E-state index contributed by atoms with van der Waals surface area (Å²) >= 11 is 0. The van der Waals surface area contributed by atoms with Gasteiger partial charge in [0, 0.05) is 5.56 Å². The minimum Gasteiger partial charge on any atom is -0.497 e. The van der Waals surface area contributed by atoms with Gasteiger partial charge in [0.05, 0.1) is 7.11 Å². The molecule has 0 saturated heterocycles. The van der Waals surface area contributed by atoms with Gasteiger partial charge in [-0.05, 0) is 92.9 Å². The zero-order valence-corrected chi connectivity index (χ0v) is 15.7. The minimum atomic E-state index is -2.06. The summed E-state index contributed by atoms with van der Waals surface area (Å²) in [6.45, 7) is 0. The number of fused-ring (bicyclic) bond motifs is 1. The van der Waals surface area contributed by atoms with Crippen molar-refractivity contribution in [1.82, 2.24) is 0 Å². The van der Waals surface area contributed by atoms with Gasteiger partial charge in [-0.1, -0.05) is 0 Å². The number of rotatable bonds is 3. The Balaban J connectivity index is 1.39. The maximum atomic E-state index is 13.0. The van der Waals surface area contributed by atoms with Crippen LogP contribution in [0.15, 0.2) is 18.2 Å². The highest BCUT2D eigenvalue weighted by Crippen LogP contribution is 2.57. The predicted molar refractivity (Wildman–Crippen MR) is 97.6 cm³/mol. The van der Waals surface area contributed by atoms with Crippen molar-refractivity contribution in [2.24, 2.45) is 17.8 Å². The smallest absolute Gasteiger partial charge is 0.346 e. The van der Waals surface area contributed by atoms with Gasteiger partial charge in [-0.2, -0.15) is 0 Å². The average molecular weight is 370 g/mol. The van der Waals surface area contributed by atoms with E-state index in [1.54, 1.807) is 25.3 Å². The van der Waals surface area contributed by atoms with Crippen LogP contribution in [0.2, 0.25) is 0 Å². The number of methoxy groups -OCH3 is 1. The number of carbonyl (C=O) groups is 2. The lowest BCUT2D eigenvalue weighted by Gasteiger charge is -2.56. The fourth-order valence-corrected chi connectivity index (χ4v) is 6.41. The Kier molecular flexibility index (Phi) is 3.71. The summed E-state index contributed by atoms with van der Waals surface area (Å²) in [4.78, 5) is 26.0. The second-order valence-corrected chi connectivity index (χ2v) is 9.20. The van der Waals surface area contributed by atoms with E-state index < -0.39 is 23.0 Å². The lowest BCUT2D eigenvalue weighted by atomic mass is 9.54. The number of hydrogen-bond acceptors (Lipinski definition) is 5. The molecule has 27 heavy (non-hydrogen) atoms. The number of hydrogen-bond donors (Lipinski definition) is 1. The molecule has 1 unspecified atom stereocenters. The fourth-order valence-electron chi connectivity index (χ4n) is 6.41. The molecule has 4 fully saturated rings. The Morgan fingerprint density at radius 2 is 1.74 bits per heavy atom. The Morgan fingerprint density at radius 3 is 2.33 bits per heavy atom. The number of ether oxygens (including phenoxy) is 2. The molecule has 5 nitrogen and oxygen atoms in total. The highest BCUT2D eigenvalue weighted by molar-refractivity contribution is 6.16. The van der Waals surface area contributed by atoms with Gasteiger partial charge in [0.15, 0.2) is 0 Å². The Labute approximate surface area is 159 Å². The Hall–Kier alpha value is -1.88. The summed E-state index contributed by atoms with van der Waals surface area (Å²) in [7, 11) is 1.57. The van der Waals surface area contributed by atoms with Crippen LogP contribution in [0.1, 0.15) is 60.9 Å². The molecule has 1 aromatic rings. The quantitative estimate of drug-likeness (QED) is 0.654. The summed E-state index contributed by atoms with van der Waals surface area (Å²) in [5.74, 6) is 1.29. The highest BCUT2D eigenvalue weighted by Gasteiger charge is 2.56. The van der Waals surface area contributed by atoms with Crippen molar-refractivity contribution >= 4 is 11.8 Å². The van der Waals surface area contributed by atoms with Crippen molar-refractivity contribution in [3.63, 3.8) is 0 Å². The summed E-state index contributed by atoms with van der Waals surface area (Å²) in [6, 6.07) is 5.13. The van der Waals surface area contributed by atoms with Gasteiger partial charge in [0.1, 0.15) is 11.4 Å². The monoisotopic (exact) mass is 370 g/mol. The van der Waals surface area contributed by atoms with Crippen molar-refractivity contribution in [3.05, 3.63) is 29.3 Å². The maximum Gasteiger partial charge on any atom is 0.346 e. The van der Waals surface area contributed by atoms with Crippen LogP contribution in [0.25, 0.3) is 0 Å². The number of aliphatic hydroxyl groups is 1. The van der Waals surface area contributed by atoms with Gasteiger partial charge in [-0.25, -0.2) is 4.79 Å². The number of ketones is 1. The first-order chi connectivity index (χ1) is 12.9. The first kappa shape index (κ1) is 17.2. The molecule has 0 aliphatic heterocycles. The third kappa shape index (κ3) is 2.62. The van der Waals surface area contributed by atoms with E-state index in [4.69, 9.17) is 9.47 Å². The Morgan fingerprint density at radius 1 is 1.11 bits per heavy atom. The van der Waals surface area contributed by atoms with Crippen molar-refractivity contribution in [2.75, 3.05) is 7.11 Å². The van der Waals surface area contributed by atoms with Crippen molar-refractivity contribution in [1.29, 1.82) is 0 Å². The van der Waals surface area contributed by atoms with Crippen LogP contribution in [-0.2, 0) is 16.0 Å². The zero-order valence-electron chi connectivity index (χ0n) is 15.7. The zero-order chi connectivity index (χ0) is 18.8. The van der Waals surface area contributed by atoms with Gasteiger partial charge in [-0.3, -0.25) is 4.79 Å².